The summed E-state index contributed by atoms with van der Waals surface area (Å²) in [6, 6.07) is 15.4. The summed E-state index contributed by atoms with van der Waals surface area (Å²) in [5, 5.41) is 11.8. The van der Waals surface area contributed by atoms with Gasteiger partial charge in [0.15, 0.2) is 0 Å². The molecule has 1 atom stereocenters. The number of unbranched alkanes of at least 4 members (excludes halogenated alkanes) is 1. The van der Waals surface area contributed by atoms with Crippen LogP contribution in [0, 0.1) is 6.92 Å². The number of nitrogens with one attached hydrogen (secondary N) is 2. The van der Waals surface area contributed by atoms with Crippen molar-refractivity contribution >= 4 is 45.2 Å². The zero-order valence-electron chi connectivity index (χ0n) is 18.4. The van der Waals surface area contributed by atoms with Crippen molar-refractivity contribution in [1.82, 2.24) is 14.8 Å². The van der Waals surface area contributed by atoms with Gasteiger partial charge in [-0.25, -0.2) is 4.68 Å². The molecule has 8 heteroatoms. The van der Waals surface area contributed by atoms with Crippen molar-refractivity contribution < 1.29 is 4.79 Å². The van der Waals surface area contributed by atoms with E-state index in [1.54, 1.807) is 11.8 Å². The molecule has 0 spiro atoms. The first-order chi connectivity index (χ1) is 15.5. The fourth-order valence-electron chi connectivity index (χ4n) is 3.67. The molecule has 2 aromatic carbocycles. The van der Waals surface area contributed by atoms with Crippen molar-refractivity contribution in [2.75, 3.05) is 16.4 Å². The Kier molecular flexibility index (Phi) is 7.01. The molecule has 1 aliphatic heterocycles. The van der Waals surface area contributed by atoms with Gasteiger partial charge in [0.1, 0.15) is 6.04 Å². The van der Waals surface area contributed by atoms with Crippen LogP contribution < -0.4 is 10.6 Å². The maximum Gasteiger partial charge on any atom is 0.255 e. The zero-order valence-corrected chi connectivity index (χ0v) is 20.8. The van der Waals surface area contributed by atoms with Crippen LogP contribution in [0.5, 0.6) is 0 Å². The summed E-state index contributed by atoms with van der Waals surface area (Å²) in [4.78, 5) is 18.2. The molecule has 1 aliphatic rings. The number of allylic oxidation sites excluding steroid dienone is 1. The van der Waals surface area contributed by atoms with Crippen LogP contribution in [0.2, 0.25) is 0 Å². The normalized spacial score (nSPS) is 15.3. The van der Waals surface area contributed by atoms with Gasteiger partial charge in [0.05, 0.1) is 5.57 Å². The minimum atomic E-state index is -0.378. The van der Waals surface area contributed by atoms with Crippen LogP contribution in [-0.2, 0) is 4.79 Å². The molecule has 3 aromatic rings. The van der Waals surface area contributed by atoms with Gasteiger partial charge in [-0.3, -0.25) is 4.79 Å². The molecule has 1 aromatic heterocycles. The van der Waals surface area contributed by atoms with Crippen LogP contribution in [0.15, 0.2) is 69.4 Å². The predicted octanol–water partition coefficient (Wildman–Crippen LogP) is 6.17. The lowest BCUT2D eigenvalue weighted by Gasteiger charge is -2.28. The summed E-state index contributed by atoms with van der Waals surface area (Å²) in [7, 11) is 0. The van der Waals surface area contributed by atoms with Crippen LogP contribution >= 0.6 is 27.7 Å². The van der Waals surface area contributed by atoms with Crippen molar-refractivity contribution in [3.63, 3.8) is 0 Å². The maximum absolute atomic E-state index is 13.5. The number of hydrogen-bond donors (Lipinski definition) is 2. The van der Waals surface area contributed by atoms with E-state index in [2.05, 4.69) is 38.5 Å². The highest BCUT2D eigenvalue weighted by atomic mass is 79.9. The molecule has 0 saturated carbocycles. The molecule has 0 saturated heterocycles. The highest BCUT2D eigenvalue weighted by molar-refractivity contribution is 9.10. The Morgan fingerprint density at radius 2 is 2.00 bits per heavy atom. The first-order valence-electron chi connectivity index (χ1n) is 10.7. The summed E-state index contributed by atoms with van der Waals surface area (Å²) in [5.74, 6) is 1.46. The van der Waals surface area contributed by atoms with Crippen LogP contribution in [0.3, 0.4) is 0 Å². The van der Waals surface area contributed by atoms with Crippen LogP contribution in [0.25, 0.3) is 0 Å². The average molecular weight is 512 g/mol. The number of anilines is 2. The Labute approximate surface area is 201 Å². The number of thioether (sulfide) groups is 1. The van der Waals surface area contributed by atoms with E-state index in [4.69, 9.17) is 5.10 Å². The Morgan fingerprint density at radius 3 is 2.72 bits per heavy atom. The highest BCUT2D eigenvalue weighted by Crippen LogP contribution is 2.37. The molecule has 0 bridgehead atoms. The SMILES string of the molecule is CCCCSc1nc2n(n1)C(c1ccc(Br)cc1)C(C(=O)Nc1cccc(C)c1)=C(C)N2. The quantitative estimate of drug-likeness (QED) is 0.293. The number of aromatic nitrogens is 3. The molecular formula is C24H26BrN5OS. The van der Waals surface area contributed by atoms with Gasteiger partial charge in [-0.05, 0) is 55.7 Å². The predicted molar refractivity (Wildman–Crippen MR) is 134 cm³/mol. The fraction of sp³-hybridized carbons (Fsp3) is 0.292. The minimum absolute atomic E-state index is 0.158. The van der Waals surface area contributed by atoms with E-state index in [9.17, 15) is 4.79 Å². The van der Waals surface area contributed by atoms with E-state index in [1.807, 2.05) is 67.1 Å². The molecule has 2 heterocycles. The van der Waals surface area contributed by atoms with Crippen molar-refractivity contribution in [2.24, 2.45) is 0 Å². The topological polar surface area (TPSA) is 71.8 Å². The summed E-state index contributed by atoms with van der Waals surface area (Å²) >= 11 is 5.15. The third kappa shape index (κ3) is 4.91. The van der Waals surface area contributed by atoms with E-state index in [-0.39, 0.29) is 11.9 Å². The minimum Gasteiger partial charge on any atom is -0.328 e. The van der Waals surface area contributed by atoms with Gasteiger partial charge < -0.3 is 10.6 Å². The number of nitrogens with zero attached hydrogens (tertiary/aromatic N) is 3. The number of halogens is 1. The molecule has 166 valence electrons. The fourth-order valence-corrected chi connectivity index (χ4v) is 4.85. The van der Waals surface area contributed by atoms with Crippen LogP contribution in [-0.4, -0.2) is 26.4 Å². The molecular weight excluding hydrogens is 486 g/mol. The second-order valence-corrected chi connectivity index (χ2v) is 9.78. The van der Waals surface area contributed by atoms with Crippen molar-refractivity contribution in [3.8, 4) is 0 Å². The molecule has 1 amide bonds. The van der Waals surface area contributed by atoms with Crippen molar-refractivity contribution in [2.45, 2.75) is 44.8 Å². The molecule has 1 unspecified atom stereocenters. The van der Waals surface area contributed by atoms with E-state index >= 15 is 0 Å². The van der Waals surface area contributed by atoms with Crippen LogP contribution in [0.4, 0.5) is 11.6 Å². The van der Waals surface area contributed by atoms with Gasteiger partial charge in [0, 0.05) is 21.6 Å². The largest absolute Gasteiger partial charge is 0.328 e. The van der Waals surface area contributed by atoms with E-state index in [1.165, 1.54) is 0 Å². The Balaban J connectivity index is 1.72. The van der Waals surface area contributed by atoms with Gasteiger partial charge in [-0.15, -0.1) is 5.10 Å². The lowest BCUT2D eigenvalue weighted by Crippen LogP contribution is -2.31. The van der Waals surface area contributed by atoms with Gasteiger partial charge in [0.2, 0.25) is 11.1 Å². The average Bonchev–Trinajstić information content (AvgIpc) is 3.16. The monoisotopic (exact) mass is 511 g/mol. The molecule has 0 radical (unpaired) electrons. The van der Waals surface area contributed by atoms with E-state index in [0.29, 0.717) is 11.5 Å². The Bertz CT molecular complexity index is 1160. The number of benzene rings is 2. The second kappa shape index (κ2) is 9.92. The smallest absolute Gasteiger partial charge is 0.255 e. The first-order valence-corrected chi connectivity index (χ1v) is 12.4. The van der Waals surface area contributed by atoms with E-state index < -0.39 is 0 Å². The zero-order chi connectivity index (χ0) is 22.7. The van der Waals surface area contributed by atoms with Gasteiger partial charge >= 0.3 is 0 Å². The lowest BCUT2D eigenvalue weighted by molar-refractivity contribution is -0.113. The maximum atomic E-state index is 13.5. The number of amides is 1. The number of rotatable bonds is 7. The molecule has 2 N–H and O–H groups in total. The number of aryl methyl sites for hydroxylation is 1. The van der Waals surface area contributed by atoms with Crippen LogP contribution in [0.1, 0.15) is 43.9 Å². The Hall–Kier alpha value is -2.58. The number of carbonyl (C=O) groups excluding carboxylic acids is 1. The summed E-state index contributed by atoms with van der Waals surface area (Å²) in [5.41, 5.74) is 4.22. The Morgan fingerprint density at radius 1 is 1.22 bits per heavy atom. The number of carbonyl (C=O) groups is 1. The molecule has 0 fully saturated rings. The second-order valence-electron chi connectivity index (χ2n) is 7.81. The third-order valence-corrected chi connectivity index (χ3v) is 6.72. The van der Waals surface area contributed by atoms with E-state index in [0.717, 1.165) is 50.7 Å². The summed E-state index contributed by atoms with van der Waals surface area (Å²) < 4.78 is 2.81. The number of fused-ring (bicyclic) bond motifs is 1. The lowest BCUT2D eigenvalue weighted by atomic mass is 9.95. The summed E-state index contributed by atoms with van der Waals surface area (Å²) in [6.45, 7) is 6.09. The first kappa shape index (κ1) is 22.6. The standard InChI is InChI=1S/C24H26BrN5OS/c1-4-5-13-32-24-28-23-26-16(3)20(22(31)27-19-8-6-7-15(2)14-19)21(30(23)29-24)17-9-11-18(25)12-10-17/h6-12,14,21H,4-5,13H2,1-3H3,(H,27,31)(H,26,28,29). The highest BCUT2D eigenvalue weighted by Gasteiger charge is 2.34. The molecule has 4 rings (SSSR count). The van der Waals surface area contributed by atoms with Gasteiger partial charge in [0.25, 0.3) is 5.91 Å². The van der Waals surface area contributed by atoms with Gasteiger partial charge in [-0.2, -0.15) is 4.98 Å². The molecule has 6 nitrogen and oxygen atoms in total. The van der Waals surface area contributed by atoms with Crippen molar-refractivity contribution in [3.05, 3.63) is 75.4 Å². The molecule has 32 heavy (non-hydrogen) atoms. The van der Waals surface area contributed by atoms with Gasteiger partial charge in [-0.1, -0.05) is 65.3 Å². The summed E-state index contributed by atoms with van der Waals surface area (Å²) in [6.07, 6.45) is 2.24. The third-order valence-electron chi connectivity index (χ3n) is 5.27. The number of hydrogen-bond acceptors (Lipinski definition) is 5. The van der Waals surface area contributed by atoms with Crippen molar-refractivity contribution in [1.29, 1.82) is 0 Å². The molecule has 0 aliphatic carbocycles.